The molecule has 1 heterocycles. The minimum absolute atomic E-state index is 0.0395. The van der Waals surface area contributed by atoms with Crippen molar-refractivity contribution in [3.8, 4) is 22.3 Å². The molecule has 1 heteroatoms. The molecule has 242 valence electrons. The van der Waals surface area contributed by atoms with Crippen LogP contribution in [-0.4, -0.2) is 0 Å². The second-order valence-corrected chi connectivity index (χ2v) is 35.3. The fraction of sp³-hybridized carbons (Fsp3) is 0.391. The van der Waals surface area contributed by atoms with E-state index in [0.29, 0.717) is 13.3 Å². The van der Waals surface area contributed by atoms with Gasteiger partial charge in [-0.3, -0.25) is 0 Å². The van der Waals surface area contributed by atoms with Gasteiger partial charge >= 0.3 is 291 Å². The Bertz CT molecular complexity index is 1780. The summed E-state index contributed by atoms with van der Waals surface area (Å²) in [6.45, 7) is 21.3. The zero-order valence-corrected chi connectivity index (χ0v) is 34.3. The fourth-order valence-corrected chi connectivity index (χ4v) is 27.0. The van der Waals surface area contributed by atoms with Crippen LogP contribution in [0.15, 0.2) is 96.1 Å². The summed E-state index contributed by atoms with van der Waals surface area (Å²) in [5, 5.41) is 0. The summed E-state index contributed by atoms with van der Waals surface area (Å²) < 4.78 is 6.74. The van der Waals surface area contributed by atoms with Crippen LogP contribution < -0.4 is 0 Å². The predicted molar refractivity (Wildman–Crippen MR) is 202 cm³/mol. The molecule has 1 fully saturated rings. The molecular formula is C46H54Hf. The van der Waals surface area contributed by atoms with Crippen LogP contribution in [0.5, 0.6) is 0 Å². The van der Waals surface area contributed by atoms with Crippen LogP contribution in [0, 0.1) is 11.3 Å². The average molecular weight is 785 g/mol. The fourth-order valence-electron chi connectivity index (χ4n) is 9.55. The van der Waals surface area contributed by atoms with E-state index in [4.69, 9.17) is 0 Å². The van der Waals surface area contributed by atoms with E-state index in [-0.39, 0.29) is 16.2 Å². The van der Waals surface area contributed by atoms with Crippen LogP contribution in [0.1, 0.15) is 109 Å². The minimum atomic E-state index is -3.12. The molecule has 0 N–H and O–H groups in total. The summed E-state index contributed by atoms with van der Waals surface area (Å²) in [4.78, 5) is 0. The number of benzene rings is 4. The molecule has 2 unspecified atom stereocenters. The number of fused-ring (bicyclic) bond motifs is 6. The molecule has 4 aromatic carbocycles. The molecule has 7 rings (SSSR count). The Labute approximate surface area is 289 Å². The second kappa shape index (κ2) is 11.1. The molecule has 1 aliphatic heterocycles. The van der Waals surface area contributed by atoms with Gasteiger partial charge in [-0.2, -0.15) is 0 Å². The van der Waals surface area contributed by atoms with Gasteiger partial charge in [-0.05, 0) is 0 Å². The van der Waals surface area contributed by atoms with Crippen LogP contribution in [0.2, 0.25) is 9.36 Å². The molecule has 2 atom stereocenters. The van der Waals surface area contributed by atoms with Gasteiger partial charge in [0, 0.05) is 0 Å². The predicted octanol–water partition coefficient (Wildman–Crippen LogP) is 13.5. The van der Waals surface area contributed by atoms with E-state index in [1.807, 2.05) is 0 Å². The van der Waals surface area contributed by atoms with Crippen LogP contribution in [-0.2, 0) is 30.8 Å². The third-order valence-electron chi connectivity index (χ3n) is 11.8. The Balaban J connectivity index is 1.39. The number of hydrogen-bond donors (Lipinski definition) is 0. The van der Waals surface area contributed by atoms with Crippen LogP contribution in [0.3, 0.4) is 0 Å². The summed E-state index contributed by atoms with van der Waals surface area (Å²) in [6.07, 6.45) is 6.56. The number of hydrogen-bond acceptors (Lipinski definition) is 0. The summed E-state index contributed by atoms with van der Waals surface area (Å²) in [5.41, 5.74) is 18.3. The molecule has 2 aliphatic carbocycles. The normalized spacial score (nSPS) is 22.7. The van der Waals surface area contributed by atoms with E-state index in [1.165, 1.54) is 50.9 Å². The van der Waals surface area contributed by atoms with E-state index >= 15 is 0 Å². The first-order chi connectivity index (χ1) is 22.0. The zero-order chi connectivity index (χ0) is 33.7. The maximum atomic E-state index is 2.78. The molecular weight excluding hydrogens is 731 g/mol. The third kappa shape index (κ3) is 5.26. The zero-order valence-electron chi connectivity index (χ0n) is 30.7. The average Bonchev–Trinajstić information content (AvgIpc) is 3.61. The summed E-state index contributed by atoms with van der Waals surface area (Å²) >= 11 is -3.12. The number of rotatable bonds is 4. The van der Waals surface area contributed by atoms with E-state index in [9.17, 15) is 0 Å². The van der Waals surface area contributed by atoms with Gasteiger partial charge in [0.15, 0.2) is 0 Å². The van der Waals surface area contributed by atoms with Crippen molar-refractivity contribution in [2.45, 2.75) is 96.3 Å². The summed E-state index contributed by atoms with van der Waals surface area (Å²) in [6, 6.07) is 33.3. The van der Waals surface area contributed by atoms with Crippen LogP contribution in [0.25, 0.3) is 34.4 Å². The van der Waals surface area contributed by atoms with Gasteiger partial charge in [-0.15, -0.1) is 0 Å². The first-order valence-corrected chi connectivity index (χ1v) is 29.3. The van der Waals surface area contributed by atoms with Gasteiger partial charge in [-0.1, -0.05) is 0 Å². The van der Waals surface area contributed by atoms with Gasteiger partial charge in [0.1, 0.15) is 0 Å². The van der Waals surface area contributed by atoms with E-state index < -0.39 is 20.0 Å². The van der Waals surface area contributed by atoms with E-state index in [1.54, 1.807) is 22.3 Å². The Morgan fingerprint density at radius 1 is 0.596 bits per heavy atom. The first kappa shape index (κ1) is 32.8. The molecule has 3 aliphatic rings. The Morgan fingerprint density at radius 3 is 1.32 bits per heavy atom. The Kier molecular flexibility index (Phi) is 7.76. The van der Waals surface area contributed by atoms with Crippen molar-refractivity contribution in [1.82, 2.24) is 0 Å². The van der Waals surface area contributed by atoms with E-state index in [2.05, 4.69) is 169 Å². The van der Waals surface area contributed by atoms with Crippen LogP contribution in [0.4, 0.5) is 0 Å². The standard InChI is InChI=1S/C44H48.2CH3.Hf/c1-29(2)28-44(9,36-24-32-12-10-14-38(40(32)26-36)30-16-20-34(21-17-30)42(3,4)5)37-25-33-13-11-15-39(41(33)27-37)31-18-22-35(23-19-31)43(6,7)8;;;/h10-27,29H,28H2,1-9H3;2*1H3;. The van der Waals surface area contributed by atoms with Crippen molar-refractivity contribution in [2.75, 3.05) is 0 Å². The van der Waals surface area contributed by atoms with Crippen molar-refractivity contribution >= 4 is 12.2 Å². The molecule has 4 aromatic rings. The quantitative estimate of drug-likeness (QED) is 0.181. The molecule has 1 saturated heterocycles. The van der Waals surface area contributed by atoms with E-state index in [0.717, 1.165) is 0 Å². The van der Waals surface area contributed by atoms with Gasteiger partial charge in [0.2, 0.25) is 0 Å². The SMILES string of the molecule is CC(C)CC1(C)C2=Cc3c(-c4ccc(C(C)(C)C)cc4)cccc3[CH]2[Hf]([CH3])([CH3])[CH]2C1=Cc1c(-c3ccc(C(C)(C)C)cc3)cccc12. The molecule has 0 spiro atoms. The molecule has 0 aromatic heterocycles. The molecule has 0 bridgehead atoms. The molecule has 0 saturated carbocycles. The second-order valence-electron chi connectivity index (χ2n) is 18.1. The third-order valence-corrected chi connectivity index (χ3v) is 27.0. The van der Waals surface area contributed by atoms with Gasteiger partial charge in [-0.25, -0.2) is 0 Å². The molecule has 0 amide bonds. The monoisotopic (exact) mass is 786 g/mol. The van der Waals surface area contributed by atoms with Crippen molar-refractivity contribution in [3.05, 3.63) is 129 Å². The summed E-state index contributed by atoms with van der Waals surface area (Å²) in [7, 11) is 0. The van der Waals surface area contributed by atoms with Crippen molar-refractivity contribution in [3.63, 3.8) is 0 Å². The van der Waals surface area contributed by atoms with Crippen molar-refractivity contribution < 1.29 is 20.0 Å². The molecule has 0 nitrogen and oxygen atoms in total. The van der Waals surface area contributed by atoms with Crippen LogP contribution >= 0.6 is 0 Å². The molecule has 0 radical (unpaired) electrons. The Morgan fingerprint density at radius 2 is 0.979 bits per heavy atom. The van der Waals surface area contributed by atoms with Gasteiger partial charge in [0.25, 0.3) is 0 Å². The van der Waals surface area contributed by atoms with Crippen molar-refractivity contribution in [1.29, 1.82) is 0 Å². The van der Waals surface area contributed by atoms with Crippen molar-refractivity contribution in [2.24, 2.45) is 11.3 Å². The maximum absolute atomic E-state index is 3.12. The van der Waals surface area contributed by atoms with Gasteiger partial charge in [0.05, 0.1) is 0 Å². The first-order valence-electron chi connectivity index (χ1n) is 17.9. The topological polar surface area (TPSA) is 0 Å². The number of allylic oxidation sites excluding steroid dienone is 2. The molecule has 47 heavy (non-hydrogen) atoms. The Hall–Kier alpha value is -2.77. The summed E-state index contributed by atoms with van der Waals surface area (Å²) in [5.74, 6) is 0.613. The van der Waals surface area contributed by atoms with Gasteiger partial charge < -0.3 is 0 Å².